The molecule has 0 saturated carbocycles. The van der Waals surface area contributed by atoms with E-state index in [1.165, 1.54) is 23.4 Å². The number of carbonyl (C=O) groups is 1. The Kier molecular flexibility index (Phi) is 5.98. The molecule has 0 spiro atoms. The highest BCUT2D eigenvalue weighted by Crippen LogP contribution is 2.30. The van der Waals surface area contributed by atoms with E-state index in [0.29, 0.717) is 18.0 Å². The molecule has 1 aliphatic carbocycles. The van der Waals surface area contributed by atoms with E-state index in [2.05, 4.69) is 10.6 Å². The lowest BCUT2D eigenvalue weighted by Gasteiger charge is -2.13. The zero-order valence-corrected chi connectivity index (χ0v) is 16.2. The van der Waals surface area contributed by atoms with Crippen LogP contribution in [-0.2, 0) is 19.4 Å². The third-order valence-corrected chi connectivity index (χ3v) is 5.82. The second kappa shape index (κ2) is 8.40. The third-order valence-electron chi connectivity index (χ3n) is 4.48. The fraction of sp³-hybridized carbons (Fsp3) is 0.474. The van der Waals surface area contributed by atoms with Gasteiger partial charge in [-0.25, -0.2) is 9.78 Å². The first-order valence-electron chi connectivity index (χ1n) is 8.84. The summed E-state index contributed by atoms with van der Waals surface area (Å²) in [7, 11) is 3.19. The number of methoxy groups -OCH3 is 2. The first-order chi connectivity index (χ1) is 12.6. The number of aromatic nitrogens is 1. The Morgan fingerprint density at radius 3 is 2.73 bits per heavy atom. The normalized spacial score (nSPS) is 14.3. The minimum absolute atomic E-state index is 0.101. The summed E-state index contributed by atoms with van der Waals surface area (Å²) in [4.78, 5) is 18.3. The van der Waals surface area contributed by atoms with Crippen molar-refractivity contribution in [3.63, 3.8) is 0 Å². The van der Waals surface area contributed by atoms with Gasteiger partial charge in [-0.3, -0.25) is 0 Å². The number of hydrogen-bond donors (Lipinski definition) is 2. The van der Waals surface area contributed by atoms with Gasteiger partial charge in [-0.15, -0.1) is 11.3 Å². The molecule has 0 bridgehead atoms. The van der Waals surface area contributed by atoms with Crippen molar-refractivity contribution >= 4 is 17.4 Å². The van der Waals surface area contributed by atoms with E-state index < -0.39 is 0 Å². The Balaban J connectivity index is 1.54. The number of hydrogen-bond acceptors (Lipinski definition) is 5. The summed E-state index contributed by atoms with van der Waals surface area (Å²) >= 11 is 1.72. The molecule has 140 valence electrons. The third kappa shape index (κ3) is 4.27. The molecular weight excluding hydrogens is 350 g/mol. The Bertz CT molecular complexity index is 752. The van der Waals surface area contributed by atoms with Crippen LogP contribution in [0.2, 0.25) is 0 Å². The molecule has 6 nitrogen and oxygen atoms in total. The van der Waals surface area contributed by atoms with Crippen molar-refractivity contribution in [3.05, 3.63) is 39.3 Å². The Hall–Kier alpha value is -2.28. The summed E-state index contributed by atoms with van der Waals surface area (Å²) in [5.41, 5.74) is 2.16. The zero-order chi connectivity index (χ0) is 18.5. The number of carbonyl (C=O) groups excluding carboxylic acids is 1. The van der Waals surface area contributed by atoms with Crippen LogP contribution in [0.3, 0.4) is 0 Å². The van der Waals surface area contributed by atoms with Gasteiger partial charge in [-0.1, -0.05) is 6.07 Å². The molecule has 1 atom stereocenters. The van der Waals surface area contributed by atoms with Crippen LogP contribution in [0.15, 0.2) is 18.2 Å². The van der Waals surface area contributed by atoms with E-state index >= 15 is 0 Å². The number of amides is 2. The molecule has 0 saturated heterocycles. The van der Waals surface area contributed by atoms with Gasteiger partial charge in [0.15, 0.2) is 11.5 Å². The van der Waals surface area contributed by atoms with Gasteiger partial charge >= 0.3 is 6.03 Å². The van der Waals surface area contributed by atoms with Crippen LogP contribution in [-0.4, -0.2) is 25.2 Å². The van der Waals surface area contributed by atoms with Gasteiger partial charge in [0, 0.05) is 11.4 Å². The molecule has 26 heavy (non-hydrogen) atoms. The number of thiazole rings is 1. The van der Waals surface area contributed by atoms with Crippen molar-refractivity contribution < 1.29 is 14.3 Å². The summed E-state index contributed by atoms with van der Waals surface area (Å²) in [5, 5.41) is 6.83. The largest absolute Gasteiger partial charge is 0.493 e. The van der Waals surface area contributed by atoms with E-state index in [1.807, 2.05) is 25.1 Å². The number of benzene rings is 1. The number of nitrogens with one attached hydrogen (secondary N) is 2. The molecule has 0 aliphatic heterocycles. The summed E-state index contributed by atoms with van der Waals surface area (Å²) in [5.74, 6) is 1.32. The molecule has 1 aromatic carbocycles. The lowest BCUT2D eigenvalue weighted by Crippen LogP contribution is -2.36. The Morgan fingerprint density at radius 2 is 2.00 bits per heavy atom. The molecule has 2 N–H and O–H groups in total. The molecule has 1 heterocycles. The van der Waals surface area contributed by atoms with E-state index in [9.17, 15) is 4.79 Å². The molecule has 7 heteroatoms. The van der Waals surface area contributed by atoms with Gasteiger partial charge in [0.2, 0.25) is 0 Å². The maximum absolute atomic E-state index is 12.2. The van der Waals surface area contributed by atoms with E-state index in [-0.39, 0.29) is 12.1 Å². The monoisotopic (exact) mass is 375 g/mol. The van der Waals surface area contributed by atoms with Crippen molar-refractivity contribution in [1.29, 1.82) is 0 Å². The highest BCUT2D eigenvalue weighted by atomic mass is 32.1. The van der Waals surface area contributed by atoms with Crippen molar-refractivity contribution in [1.82, 2.24) is 15.6 Å². The molecule has 1 aromatic heterocycles. The summed E-state index contributed by atoms with van der Waals surface area (Å²) in [6.45, 7) is 2.38. The maximum Gasteiger partial charge on any atom is 0.315 e. The van der Waals surface area contributed by atoms with Crippen LogP contribution in [0, 0.1) is 0 Å². The van der Waals surface area contributed by atoms with E-state index in [1.54, 1.807) is 25.6 Å². The molecule has 1 unspecified atom stereocenters. The SMILES string of the molecule is COc1ccc(CNC(=O)NC(C)c2nc3c(s2)CCCC3)cc1OC. The highest BCUT2D eigenvalue weighted by molar-refractivity contribution is 7.11. The van der Waals surface area contributed by atoms with Crippen LogP contribution < -0.4 is 20.1 Å². The number of aryl methyl sites for hydroxylation is 2. The average Bonchev–Trinajstić information content (AvgIpc) is 3.10. The van der Waals surface area contributed by atoms with Gasteiger partial charge in [-0.2, -0.15) is 0 Å². The van der Waals surface area contributed by atoms with E-state index in [4.69, 9.17) is 14.5 Å². The number of fused-ring (bicyclic) bond motifs is 1. The second-order valence-electron chi connectivity index (χ2n) is 6.37. The quantitative estimate of drug-likeness (QED) is 0.809. The molecule has 0 fully saturated rings. The molecule has 1 aliphatic rings. The molecular formula is C19H25N3O3S. The number of ether oxygens (including phenoxy) is 2. The van der Waals surface area contributed by atoms with Crippen molar-refractivity contribution in [3.8, 4) is 11.5 Å². The Labute approximate surface area is 157 Å². The van der Waals surface area contributed by atoms with Crippen molar-refractivity contribution in [2.75, 3.05) is 14.2 Å². The molecule has 3 rings (SSSR count). The fourth-order valence-electron chi connectivity index (χ4n) is 3.04. The lowest BCUT2D eigenvalue weighted by atomic mass is 10.0. The Morgan fingerprint density at radius 1 is 1.23 bits per heavy atom. The summed E-state index contributed by atoms with van der Waals surface area (Å²) in [6.07, 6.45) is 4.63. The average molecular weight is 375 g/mol. The molecule has 2 aromatic rings. The van der Waals surface area contributed by atoms with Crippen LogP contribution in [0.1, 0.15) is 46.9 Å². The fourth-order valence-corrected chi connectivity index (χ4v) is 4.20. The van der Waals surface area contributed by atoms with Crippen LogP contribution in [0.5, 0.6) is 11.5 Å². The van der Waals surface area contributed by atoms with Gasteiger partial charge in [0.1, 0.15) is 5.01 Å². The van der Waals surface area contributed by atoms with Crippen LogP contribution in [0.4, 0.5) is 4.79 Å². The highest BCUT2D eigenvalue weighted by Gasteiger charge is 2.19. The second-order valence-corrected chi connectivity index (χ2v) is 7.48. The smallest absolute Gasteiger partial charge is 0.315 e. The first kappa shape index (κ1) is 18.5. The van der Waals surface area contributed by atoms with Gasteiger partial charge < -0.3 is 20.1 Å². The minimum atomic E-state index is -0.208. The molecule has 0 radical (unpaired) electrons. The van der Waals surface area contributed by atoms with Crippen LogP contribution >= 0.6 is 11.3 Å². The predicted octanol–water partition coefficient (Wildman–Crippen LogP) is 3.60. The zero-order valence-electron chi connectivity index (χ0n) is 15.4. The van der Waals surface area contributed by atoms with Gasteiger partial charge in [0.05, 0.1) is 26.0 Å². The molecule has 2 amide bonds. The summed E-state index contributed by atoms with van der Waals surface area (Å²) in [6, 6.07) is 5.28. The number of urea groups is 1. The topological polar surface area (TPSA) is 72.5 Å². The van der Waals surface area contributed by atoms with Crippen molar-refractivity contribution in [2.45, 2.75) is 45.2 Å². The summed E-state index contributed by atoms with van der Waals surface area (Å²) < 4.78 is 10.5. The standard InChI is InChI=1S/C19H25N3O3S/c1-12(18-22-14-6-4-5-7-17(14)26-18)21-19(23)20-11-13-8-9-15(24-2)16(10-13)25-3/h8-10,12H,4-7,11H2,1-3H3,(H2,20,21,23). The lowest BCUT2D eigenvalue weighted by molar-refractivity contribution is 0.237. The predicted molar refractivity (Wildman–Crippen MR) is 102 cm³/mol. The van der Waals surface area contributed by atoms with E-state index in [0.717, 1.165) is 23.4 Å². The van der Waals surface area contributed by atoms with Gasteiger partial charge in [-0.05, 0) is 50.3 Å². The number of nitrogens with zero attached hydrogens (tertiary/aromatic N) is 1. The first-order valence-corrected chi connectivity index (χ1v) is 9.66. The number of rotatable bonds is 6. The van der Waals surface area contributed by atoms with Crippen molar-refractivity contribution in [2.24, 2.45) is 0 Å². The minimum Gasteiger partial charge on any atom is -0.493 e. The maximum atomic E-state index is 12.2. The van der Waals surface area contributed by atoms with Gasteiger partial charge in [0.25, 0.3) is 0 Å². The van der Waals surface area contributed by atoms with Crippen LogP contribution in [0.25, 0.3) is 0 Å².